The number of carbonyl (C=O) groups is 2. The summed E-state index contributed by atoms with van der Waals surface area (Å²) in [4.78, 5) is 40.2. The maximum absolute atomic E-state index is 12.2. The highest BCUT2D eigenvalue weighted by atomic mass is 32.2. The van der Waals surface area contributed by atoms with Gasteiger partial charge in [-0.2, -0.15) is 0 Å². The largest absolute Gasteiger partial charge is 0.333 e. The number of aromatic amines is 1. The van der Waals surface area contributed by atoms with Crippen molar-refractivity contribution in [1.82, 2.24) is 19.9 Å². The Morgan fingerprint density at radius 2 is 2.15 bits per heavy atom. The van der Waals surface area contributed by atoms with Crippen LogP contribution < -0.4 is 5.32 Å². The highest BCUT2D eigenvalue weighted by molar-refractivity contribution is 7.99. The molecule has 1 aromatic carbocycles. The zero-order valence-electron chi connectivity index (χ0n) is 14.2. The van der Waals surface area contributed by atoms with Crippen LogP contribution in [0, 0.1) is 5.92 Å². The van der Waals surface area contributed by atoms with Crippen LogP contribution in [0.15, 0.2) is 35.6 Å². The van der Waals surface area contributed by atoms with Gasteiger partial charge in [-0.15, -0.1) is 0 Å². The monoisotopic (exact) mass is 367 g/mol. The van der Waals surface area contributed by atoms with E-state index < -0.39 is 0 Å². The summed E-state index contributed by atoms with van der Waals surface area (Å²) in [6.07, 6.45) is 2.76. The first-order chi connectivity index (χ1) is 12.6. The molecule has 7 nitrogen and oxygen atoms in total. The van der Waals surface area contributed by atoms with Crippen molar-refractivity contribution < 1.29 is 9.59 Å². The van der Waals surface area contributed by atoms with Crippen LogP contribution in [0.5, 0.6) is 0 Å². The molecule has 2 heterocycles. The number of rotatable bonds is 4. The number of hydrogen-bond donors (Lipinski definition) is 2. The van der Waals surface area contributed by atoms with Crippen LogP contribution in [0.1, 0.15) is 29.4 Å². The first-order valence-electron chi connectivity index (χ1n) is 8.35. The summed E-state index contributed by atoms with van der Waals surface area (Å²) in [6, 6.07) is 7.71. The number of fused-ring (bicyclic) bond motifs is 2. The highest BCUT2D eigenvalue weighted by Gasteiger charge is 2.24. The number of para-hydroxylation sites is 2. The minimum atomic E-state index is -0.217. The number of carbonyl (C=O) groups excluding carboxylic acids is 2. The van der Waals surface area contributed by atoms with Gasteiger partial charge in [0.05, 0.1) is 28.0 Å². The second-order valence-corrected chi connectivity index (χ2v) is 7.35. The summed E-state index contributed by atoms with van der Waals surface area (Å²) < 4.78 is 0. The molecule has 1 aliphatic carbocycles. The Bertz CT molecular complexity index is 967. The molecular weight excluding hydrogens is 350 g/mol. The van der Waals surface area contributed by atoms with Crippen LogP contribution in [0.25, 0.3) is 11.0 Å². The van der Waals surface area contributed by atoms with Crippen molar-refractivity contribution in [2.45, 2.75) is 24.9 Å². The fourth-order valence-corrected chi connectivity index (χ4v) is 3.67. The van der Waals surface area contributed by atoms with Gasteiger partial charge in [0.1, 0.15) is 0 Å². The van der Waals surface area contributed by atoms with Crippen molar-refractivity contribution in [2.24, 2.45) is 5.92 Å². The second-order valence-electron chi connectivity index (χ2n) is 6.39. The highest BCUT2D eigenvalue weighted by Crippen LogP contribution is 2.24. The zero-order valence-corrected chi connectivity index (χ0v) is 15.0. The number of imidazole rings is 1. The van der Waals surface area contributed by atoms with Gasteiger partial charge in [-0.25, -0.2) is 15.0 Å². The van der Waals surface area contributed by atoms with E-state index in [1.165, 1.54) is 18.0 Å². The van der Waals surface area contributed by atoms with Gasteiger partial charge in [-0.05, 0) is 24.5 Å². The minimum Gasteiger partial charge on any atom is -0.333 e. The molecule has 0 saturated carbocycles. The van der Waals surface area contributed by atoms with Gasteiger partial charge in [0.15, 0.2) is 10.9 Å². The van der Waals surface area contributed by atoms with Gasteiger partial charge in [0, 0.05) is 12.6 Å². The number of H-pyrrole nitrogens is 1. The smallest absolute Gasteiger partial charge is 0.237 e. The average molecular weight is 367 g/mol. The zero-order chi connectivity index (χ0) is 18.1. The van der Waals surface area contributed by atoms with E-state index in [1.807, 2.05) is 31.2 Å². The first-order valence-corrected chi connectivity index (χ1v) is 9.33. The van der Waals surface area contributed by atoms with Crippen LogP contribution in [0.2, 0.25) is 0 Å². The van der Waals surface area contributed by atoms with Crippen molar-refractivity contribution in [1.29, 1.82) is 0 Å². The van der Waals surface area contributed by atoms with Crippen LogP contribution >= 0.6 is 11.8 Å². The molecule has 0 fully saturated rings. The topological polar surface area (TPSA) is 101 Å². The number of benzene rings is 1. The lowest BCUT2D eigenvalue weighted by Gasteiger charge is -2.19. The van der Waals surface area contributed by atoms with Crippen molar-refractivity contribution in [3.8, 4) is 0 Å². The molecule has 1 aliphatic rings. The van der Waals surface area contributed by atoms with Crippen molar-refractivity contribution in [3.63, 3.8) is 0 Å². The lowest BCUT2D eigenvalue weighted by Crippen LogP contribution is -2.22. The summed E-state index contributed by atoms with van der Waals surface area (Å²) >= 11 is 1.31. The summed E-state index contributed by atoms with van der Waals surface area (Å²) in [5.74, 6) is 0.538. The maximum atomic E-state index is 12.2. The summed E-state index contributed by atoms with van der Waals surface area (Å²) in [6.45, 7) is 2.02. The number of Topliss-reactive ketones (excluding diaryl/α,β-unsaturated/α-hetero) is 1. The number of nitrogens with one attached hydrogen (secondary N) is 2. The number of anilines is 1. The molecule has 4 rings (SSSR count). The number of aromatic nitrogens is 4. The molecular formula is C18H17N5O2S. The maximum Gasteiger partial charge on any atom is 0.237 e. The van der Waals surface area contributed by atoms with Gasteiger partial charge in [0.2, 0.25) is 11.9 Å². The lowest BCUT2D eigenvalue weighted by molar-refractivity contribution is -0.113. The van der Waals surface area contributed by atoms with E-state index in [-0.39, 0.29) is 29.3 Å². The standard InChI is InChI=1S/C18H17N5O2S/c1-10-6-14-11(15(24)7-10)8-19-17(20-14)23-16(25)9-26-18-21-12-4-2-3-5-13(12)22-18/h2-5,8,10H,6-7,9H2,1H3,(H,21,22)(H,19,20,23,25)/t10-/m1/s1. The predicted octanol–water partition coefficient (Wildman–Crippen LogP) is 2.85. The molecule has 26 heavy (non-hydrogen) atoms. The Hall–Kier alpha value is -2.74. The molecule has 0 radical (unpaired) electrons. The van der Waals surface area contributed by atoms with E-state index in [0.29, 0.717) is 22.8 Å². The molecule has 0 spiro atoms. The van der Waals surface area contributed by atoms with Gasteiger partial charge in [-0.3, -0.25) is 14.9 Å². The third-order valence-corrected chi connectivity index (χ3v) is 5.08. The van der Waals surface area contributed by atoms with E-state index in [0.717, 1.165) is 17.5 Å². The molecule has 132 valence electrons. The molecule has 3 aromatic rings. The summed E-state index contributed by atoms with van der Waals surface area (Å²) in [5.41, 5.74) is 3.08. The van der Waals surface area contributed by atoms with Crippen LogP contribution in [0.3, 0.4) is 0 Å². The van der Waals surface area contributed by atoms with Gasteiger partial charge < -0.3 is 4.98 Å². The number of hydrogen-bond acceptors (Lipinski definition) is 6. The Morgan fingerprint density at radius 1 is 1.31 bits per heavy atom. The summed E-state index contributed by atoms with van der Waals surface area (Å²) in [5, 5.41) is 3.38. The van der Waals surface area contributed by atoms with Crippen LogP contribution in [-0.4, -0.2) is 37.4 Å². The Labute approximate surface area is 154 Å². The number of thioether (sulfide) groups is 1. The minimum absolute atomic E-state index is 0.0667. The average Bonchev–Trinajstić information content (AvgIpc) is 3.02. The number of amides is 1. The predicted molar refractivity (Wildman–Crippen MR) is 99.3 cm³/mol. The van der Waals surface area contributed by atoms with E-state index in [1.54, 1.807) is 0 Å². The Kier molecular flexibility index (Phi) is 4.42. The van der Waals surface area contributed by atoms with Crippen LogP contribution in [-0.2, 0) is 11.2 Å². The van der Waals surface area contributed by atoms with E-state index in [2.05, 4.69) is 25.3 Å². The Balaban J connectivity index is 1.40. The molecule has 0 saturated heterocycles. The third kappa shape index (κ3) is 3.45. The van der Waals surface area contributed by atoms with Gasteiger partial charge in [0.25, 0.3) is 0 Å². The third-order valence-electron chi connectivity index (χ3n) is 4.20. The van der Waals surface area contributed by atoms with Crippen molar-refractivity contribution in [2.75, 3.05) is 11.1 Å². The van der Waals surface area contributed by atoms with Gasteiger partial charge >= 0.3 is 0 Å². The molecule has 0 unspecified atom stereocenters. The van der Waals surface area contributed by atoms with Gasteiger partial charge in [-0.1, -0.05) is 30.8 Å². The van der Waals surface area contributed by atoms with Crippen LogP contribution in [0.4, 0.5) is 5.95 Å². The first kappa shape index (κ1) is 16.7. The van der Waals surface area contributed by atoms with E-state index in [9.17, 15) is 9.59 Å². The number of ketones is 1. The SMILES string of the molecule is C[C@H]1CC(=O)c2cnc(NC(=O)CSc3nc4ccccc4[nH]3)nc2C1. The van der Waals surface area contributed by atoms with E-state index >= 15 is 0 Å². The lowest BCUT2D eigenvalue weighted by atomic mass is 9.88. The van der Waals surface area contributed by atoms with Crippen molar-refractivity contribution in [3.05, 3.63) is 41.7 Å². The fourth-order valence-electron chi connectivity index (χ4n) is 2.99. The second kappa shape index (κ2) is 6.87. The van der Waals surface area contributed by atoms with E-state index in [4.69, 9.17) is 0 Å². The summed E-state index contributed by atoms with van der Waals surface area (Å²) in [7, 11) is 0. The molecule has 2 aromatic heterocycles. The normalized spacial score (nSPS) is 16.5. The molecule has 1 amide bonds. The Morgan fingerprint density at radius 3 is 3.00 bits per heavy atom. The molecule has 2 N–H and O–H groups in total. The molecule has 1 atom stereocenters. The molecule has 0 bridgehead atoms. The van der Waals surface area contributed by atoms with Crippen molar-refractivity contribution >= 4 is 40.4 Å². The number of nitrogens with zero attached hydrogens (tertiary/aromatic N) is 3. The fraction of sp³-hybridized carbons (Fsp3) is 0.278. The molecule has 8 heteroatoms. The molecule has 0 aliphatic heterocycles. The quantitative estimate of drug-likeness (QED) is 0.688.